The van der Waals surface area contributed by atoms with E-state index >= 15 is 0 Å². The van der Waals surface area contributed by atoms with Crippen molar-refractivity contribution in [3.63, 3.8) is 0 Å². The van der Waals surface area contributed by atoms with Crippen LogP contribution >= 0.6 is 11.6 Å². The summed E-state index contributed by atoms with van der Waals surface area (Å²) in [6.07, 6.45) is 0.678. The van der Waals surface area contributed by atoms with Gasteiger partial charge in [-0.2, -0.15) is 0 Å². The lowest BCUT2D eigenvalue weighted by Gasteiger charge is -2.21. The number of fused-ring (bicyclic) bond motifs is 1. The molecule has 0 radical (unpaired) electrons. The standard InChI is InChI=1S/C23H21ClN2O3S/c1-25(16-17-9-11-20(24)12-10-17)23(27)19-6-4-7-21(15-19)30(28,29)26-14-13-18-5-2-3-8-22(18)26/h2-12,15H,13-14,16H2,1H3. The van der Waals surface area contributed by atoms with Crippen LogP contribution < -0.4 is 4.31 Å². The second kappa shape index (κ2) is 8.13. The highest BCUT2D eigenvalue weighted by Gasteiger charge is 2.31. The first-order valence-electron chi connectivity index (χ1n) is 9.57. The van der Waals surface area contributed by atoms with Crippen molar-refractivity contribution in [1.82, 2.24) is 4.90 Å². The maximum absolute atomic E-state index is 13.3. The topological polar surface area (TPSA) is 57.7 Å². The Kier molecular flexibility index (Phi) is 5.54. The minimum atomic E-state index is -3.75. The third kappa shape index (κ3) is 3.93. The van der Waals surface area contributed by atoms with Gasteiger partial charge in [0.1, 0.15) is 0 Å². The number of rotatable bonds is 5. The molecule has 154 valence electrons. The number of nitrogens with zero attached hydrogens (tertiary/aromatic N) is 2. The van der Waals surface area contributed by atoms with Crippen molar-refractivity contribution in [3.05, 3.63) is 94.5 Å². The van der Waals surface area contributed by atoms with Crippen molar-refractivity contribution in [1.29, 1.82) is 0 Å². The third-order valence-electron chi connectivity index (χ3n) is 5.19. The van der Waals surface area contributed by atoms with Gasteiger partial charge in [-0.15, -0.1) is 0 Å². The lowest BCUT2D eigenvalue weighted by atomic mass is 10.1. The van der Waals surface area contributed by atoms with E-state index in [-0.39, 0.29) is 10.8 Å². The molecule has 0 saturated carbocycles. The van der Waals surface area contributed by atoms with Gasteiger partial charge in [0.15, 0.2) is 0 Å². The summed E-state index contributed by atoms with van der Waals surface area (Å²) >= 11 is 5.91. The molecular formula is C23H21ClN2O3S. The Labute approximate surface area is 181 Å². The Balaban J connectivity index is 1.58. The average molecular weight is 441 g/mol. The zero-order valence-electron chi connectivity index (χ0n) is 16.5. The van der Waals surface area contributed by atoms with Crippen molar-refractivity contribution < 1.29 is 13.2 Å². The minimum Gasteiger partial charge on any atom is -0.337 e. The van der Waals surface area contributed by atoms with Crippen LogP contribution in [0.2, 0.25) is 5.02 Å². The maximum atomic E-state index is 13.3. The molecular weight excluding hydrogens is 420 g/mol. The molecule has 0 bridgehead atoms. The van der Waals surface area contributed by atoms with Crippen molar-refractivity contribution in [2.75, 3.05) is 17.9 Å². The molecule has 3 aromatic rings. The van der Waals surface area contributed by atoms with Crippen LogP contribution in [0.4, 0.5) is 5.69 Å². The second-order valence-electron chi connectivity index (χ2n) is 7.27. The van der Waals surface area contributed by atoms with Gasteiger partial charge in [-0.1, -0.05) is 48.0 Å². The molecule has 3 aromatic carbocycles. The first kappa shape index (κ1) is 20.4. The van der Waals surface area contributed by atoms with E-state index in [2.05, 4.69) is 0 Å². The van der Waals surface area contributed by atoms with E-state index in [1.807, 2.05) is 36.4 Å². The summed E-state index contributed by atoms with van der Waals surface area (Å²) in [6.45, 7) is 0.794. The van der Waals surface area contributed by atoms with E-state index in [4.69, 9.17) is 11.6 Å². The number of benzene rings is 3. The zero-order valence-corrected chi connectivity index (χ0v) is 18.0. The molecule has 0 aliphatic carbocycles. The molecule has 5 nitrogen and oxygen atoms in total. The third-order valence-corrected chi connectivity index (χ3v) is 7.25. The summed E-state index contributed by atoms with van der Waals surface area (Å²) in [6, 6.07) is 21.0. The lowest BCUT2D eigenvalue weighted by Crippen LogP contribution is -2.30. The van der Waals surface area contributed by atoms with Gasteiger partial charge in [0.05, 0.1) is 10.6 Å². The van der Waals surface area contributed by atoms with Crippen LogP contribution in [0.25, 0.3) is 0 Å². The summed E-state index contributed by atoms with van der Waals surface area (Å²) in [5, 5.41) is 0.633. The second-order valence-corrected chi connectivity index (χ2v) is 9.57. The fraction of sp³-hybridized carbons (Fsp3) is 0.174. The fourth-order valence-electron chi connectivity index (χ4n) is 3.63. The number of hydrogen-bond donors (Lipinski definition) is 0. The number of halogens is 1. The molecule has 1 heterocycles. The molecule has 0 fully saturated rings. The molecule has 7 heteroatoms. The molecule has 0 N–H and O–H groups in total. The zero-order chi connectivity index (χ0) is 21.3. The van der Waals surface area contributed by atoms with Gasteiger partial charge >= 0.3 is 0 Å². The van der Waals surface area contributed by atoms with Crippen LogP contribution in [0.15, 0.2) is 77.7 Å². The Morgan fingerprint density at radius 1 is 1.03 bits per heavy atom. The van der Waals surface area contributed by atoms with E-state index in [1.54, 1.807) is 36.2 Å². The van der Waals surface area contributed by atoms with Crippen LogP contribution in [-0.2, 0) is 23.0 Å². The number of hydrogen-bond acceptors (Lipinski definition) is 3. The normalized spacial score (nSPS) is 13.2. The van der Waals surface area contributed by atoms with Gasteiger partial charge in [-0.05, 0) is 53.9 Å². The number of carbonyl (C=O) groups is 1. The molecule has 1 amide bonds. The highest BCUT2D eigenvalue weighted by atomic mass is 35.5. The van der Waals surface area contributed by atoms with E-state index in [0.717, 1.165) is 11.1 Å². The molecule has 0 aromatic heterocycles. The predicted octanol–water partition coefficient (Wildman–Crippen LogP) is 4.36. The highest BCUT2D eigenvalue weighted by molar-refractivity contribution is 7.92. The summed E-state index contributed by atoms with van der Waals surface area (Å²) in [5.41, 5.74) is 2.98. The lowest BCUT2D eigenvalue weighted by molar-refractivity contribution is 0.0785. The number of amides is 1. The molecule has 0 spiro atoms. The average Bonchev–Trinajstić information content (AvgIpc) is 3.20. The van der Waals surface area contributed by atoms with Gasteiger partial charge in [-0.3, -0.25) is 9.10 Å². The van der Waals surface area contributed by atoms with Crippen LogP contribution in [0.5, 0.6) is 0 Å². The number of carbonyl (C=O) groups excluding carboxylic acids is 1. The van der Waals surface area contributed by atoms with Gasteiger partial charge < -0.3 is 4.90 Å². The van der Waals surface area contributed by atoms with Crippen LogP contribution in [0, 0.1) is 0 Å². The van der Waals surface area contributed by atoms with E-state index in [0.29, 0.717) is 35.8 Å². The van der Waals surface area contributed by atoms with Crippen molar-refractivity contribution in [2.24, 2.45) is 0 Å². The van der Waals surface area contributed by atoms with Gasteiger partial charge in [-0.25, -0.2) is 8.42 Å². The Bertz CT molecular complexity index is 1190. The Hall–Kier alpha value is -2.83. The number of para-hydroxylation sites is 1. The molecule has 4 rings (SSSR count). The largest absolute Gasteiger partial charge is 0.337 e. The van der Waals surface area contributed by atoms with Crippen LogP contribution in [0.3, 0.4) is 0 Å². The fourth-order valence-corrected chi connectivity index (χ4v) is 5.31. The summed E-state index contributed by atoms with van der Waals surface area (Å²) < 4.78 is 27.9. The first-order chi connectivity index (χ1) is 14.4. The van der Waals surface area contributed by atoms with Crippen LogP contribution in [-0.4, -0.2) is 32.8 Å². The molecule has 30 heavy (non-hydrogen) atoms. The first-order valence-corrected chi connectivity index (χ1v) is 11.4. The van der Waals surface area contributed by atoms with Crippen molar-refractivity contribution in [2.45, 2.75) is 17.9 Å². The molecule has 1 aliphatic heterocycles. The number of anilines is 1. The predicted molar refractivity (Wildman–Crippen MR) is 118 cm³/mol. The molecule has 0 unspecified atom stereocenters. The van der Waals surface area contributed by atoms with Gasteiger partial charge in [0.2, 0.25) is 0 Å². The quantitative estimate of drug-likeness (QED) is 0.592. The number of sulfonamides is 1. The van der Waals surface area contributed by atoms with Crippen molar-refractivity contribution >= 4 is 33.2 Å². The molecule has 0 atom stereocenters. The molecule has 0 saturated heterocycles. The smallest absolute Gasteiger partial charge is 0.264 e. The monoisotopic (exact) mass is 440 g/mol. The SMILES string of the molecule is CN(Cc1ccc(Cl)cc1)C(=O)c1cccc(S(=O)(=O)N2CCc3ccccc32)c1. The summed E-state index contributed by atoms with van der Waals surface area (Å²) in [7, 11) is -2.06. The summed E-state index contributed by atoms with van der Waals surface area (Å²) in [5.74, 6) is -0.246. The molecule has 1 aliphatic rings. The van der Waals surface area contributed by atoms with Gasteiger partial charge in [0.25, 0.3) is 15.9 Å². The maximum Gasteiger partial charge on any atom is 0.264 e. The van der Waals surface area contributed by atoms with E-state index in [9.17, 15) is 13.2 Å². The summed E-state index contributed by atoms with van der Waals surface area (Å²) in [4.78, 5) is 14.6. The Morgan fingerprint density at radius 2 is 1.77 bits per heavy atom. The van der Waals surface area contributed by atoms with Crippen molar-refractivity contribution in [3.8, 4) is 0 Å². The minimum absolute atomic E-state index is 0.116. The van der Waals surface area contributed by atoms with Crippen LogP contribution in [0.1, 0.15) is 21.5 Å². The Morgan fingerprint density at radius 3 is 2.53 bits per heavy atom. The highest BCUT2D eigenvalue weighted by Crippen LogP contribution is 2.32. The van der Waals surface area contributed by atoms with Gasteiger partial charge in [0, 0.05) is 30.7 Å². The van der Waals surface area contributed by atoms with E-state index in [1.165, 1.54) is 16.4 Å². The van der Waals surface area contributed by atoms with E-state index < -0.39 is 10.0 Å².